The summed E-state index contributed by atoms with van der Waals surface area (Å²) in [6.07, 6.45) is 6.54. The van der Waals surface area contributed by atoms with Crippen molar-refractivity contribution >= 4 is 5.91 Å². The van der Waals surface area contributed by atoms with E-state index in [1.807, 2.05) is 18.2 Å². The maximum Gasteiger partial charge on any atom is 0.230 e. The molecular weight excluding hydrogens is 248 g/mol. The Morgan fingerprint density at radius 2 is 1.85 bits per heavy atom. The van der Waals surface area contributed by atoms with Gasteiger partial charge in [0.05, 0.1) is 5.41 Å². The van der Waals surface area contributed by atoms with Gasteiger partial charge in [-0.15, -0.1) is 0 Å². The van der Waals surface area contributed by atoms with Crippen LogP contribution >= 0.6 is 0 Å². The van der Waals surface area contributed by atoms with Crippen molar-refractivity contribution in [3.05, 3.63) is 35.9 Å². The Balaban J connectivity index is 1.78. The minimum Gasteiger partial charge on any atom is -0.335 e. The van der Waals surface area contributed by atoms with E-state index in [-0.39, 0.29) is 5.41 Å². The molecule has 2 aliphatic carbocycles. The smallest absolute Gasteiger partial charge is 0.230 e. The lowest BCUT2D eigenvalue weighted by Gasteiger charge is -2.34. The molecule has 20 heavy (non-hydrogen) atoms. The summed E-state index contributed by atoms with van der Waals surface area (Å²) in [4.78, 5) is 15.1. The molecule has 0 bridgehead atoms. The van der Waals surface area contributed by atoms with Crippen molar-refractivity contribution in [2.24, 2.45) is 11.1 Å². The van der Waals surface area contributed by atoms with Crippen LogP contribution in [0.1, 0.15) is 44.1 Å². The van der Waals surface area contributed by atoms with Crippen molar-refractivity contribution in [2.45, 2.75) is 51.1 Å². The average molecular weight is 272 g/mol. The predicted molar refractivity (Wildman–Crippen MR) is 80.0 cm³/mol. The van der Waals surface area contributed by atoms with Gasteiger partial charge in [-0.25, -0.2) is 0 Å². The van der Waals surface area contributed by atoms with Crippen molar-refractivity contribution in [2.75, 3.05) is 6.54 Å². The quantitative estimate of drug-likeness (QED) is 0.896. The minimum atomic E-state index is -0.266. The van der Waals surface area contributed by atoms with Gasteiger partial charge in [0, 0.05) is 19.1 Å². The van der Waals surface area contributed by atoms with Crippen LogP contribution in [0.15, 0.2) is 30.3 Å². The predicted octanol–water partition coefficient (Wildman–Crippen LogP) is 2.70. The highest BCUT2D eigenvalue weighted by Crippen LogP contribution is 2.41. The van der Waals surface area contributed by atoms with Crippen molar-refractivity contribution in [1.29, 1.82) is 0 Å². The van der Waals surface area contributed by atoms with E-state index >= 15 is 0 Å². The van der Waals surface area contributed by atoms with Crippen LogP contribution in [-0.2, 0) is 11.3 Å². The molecule has 1 aromatic carbocycles. The van der Waals surface area contributed by atoms with Crippen molar-refractivity contribution in [3.63, 3.8) is 0 Å². The van der Waals surface area contributed by atoms with Crippen LogP contribution in [0.3, 0.4) is 0 Å². The molecule has 0 atom stereocenters. The molecular formula is C17H24N2O. The monoisotopic (exact) mass is 272 g/mol. The van der Waals surface area contributed by atoms with Crippen LogP contribution < -0.4 is 5.73 Å². The number of rotatable bonds is 5. The van der Waals surface area contributed by atoms with Gasteiger partial charge in [-0.05, 0) is 31.2 Å². The second kappa shape index (κ2) is 5.57. The molecule has 3 rings (SSSR count). The highest BCUT2D eigenvalue weighted by atomic mass is 16.2. The highest BCUT2D eigenvalue weighted by molar-refractivity contribution is 5.84. The summed E-state index contributed by atoms with van der Waals surface area (Å²) in [7, 11) is 0. The molecule has 2 N–H and O–H groups in total. The summed E-state index contributed by atoms with van der Waals surface area (Å²) in [5.41, 5.74) is 6.93. The molecule has 1 amide bonds. The number of amides is 1. The summed E-state index contributed by atoms with van der Waals surface area (Å²) >= 11 is 0. The van der Waals surface area contributed by atoms with Crippen LogP contribution in [-0.4, -0.2) is 23.4 Å². The van der Waals surface area contributed by atoms with E-state index in [2.05, 4.69) is 17.0 Å². The summed E-state index contributed by atoms with van der Waals surface area (Å²) in [6.45, 7) is 1.25. The van der Waals surface area contributed by atoms with Crippen molar-refractivity contribution in [3.8, 4) is 0 Å². The Morgan fingerprint density at radius 1 is 1.20 bits per heavy atom. The van der Waals surface area contributed by atoms with E-state index in [4.69, 9.17) is 5.73 Å². The second-order valence-electron chi connectivity index (χ2n) is 6.34. The van der Waals surface area contributed by atoms with Gasteiger partial charge >= 0.3 is 0 Å². The highest BCUT2D eigenvalue weighted by Gasteiger charge is 2.45. The molecule has 2 saturated carbocycles. The van der Waals surface area contributed by atoms with E-state index < -0.39 is 0 Å². The Hall–Kier alpha value is -1.35. The average Bonchev–Trinajstić information content (AvgIpc) is 3.22. The number of carbonyl (C=O) groups excluding carboxylic acids is 1. The number of hydrogen-bond donors (Lipinski definition) is 1. The maximum absolute atomic E-state index is 13.0. The van der Waals surface area contributed by atoms with Gasteiger partial charge in [-0.3, -0.25) is 4.79 Å². The zero-order chi connectivity index (χ0) is 14.0. The zero-order valence-corrected chi connectivity index (χ0v) is 12.1. The van der Waals surface area contributed by atoms with Crippen LogP contribution in [0.4, 0.5) is 0 Å². The normalized spacial score (nSPS) is 20.9. The molecule has 108 valence electrons. The molecule has 3 heteroatoms. The third-order valence-corrected chi connectivity index (χ3v) is 4.85. The molecule has 0 spiro atoms. The second-order valence-corrected chi connectivity index (χ2v) is 6.34. The van der Waals surface area contributed by atoms with Gasteiger partial charge in [-0.1, -0.05) is 43.2 Å². The Morgan fingerprint density at radius 3 is 2.40 bits per heavy atom. The first-order chi connectivity index (χ1) is 9.75. The molecule has 3 nitrogen and oxygen atoms in total. The summed E-state index contributed by atoms with van der Waals surface area (Å²) in [6, 6.07) is 10.8. The number of hydrogen-bond acceptors (Lipinski definition) is 2. The van der Waals surface area contributed by atoms with Crippen LogP contribution in [0.5, 0.6) is 0 Å². The largest absolute Gasteiger partial charge is 0.335 e. The summed E-state index contributed by atoms with van der Waals surface area (Å²) < 4.78 is 0. The zero-order valence-electron chi connectivity index (χ0n) is 12.1. The molecule has 0 heterocycles. The van der Waals surface area contributed by atoms with Crippen LogP contribution in [0.2, 0.25) is 0 Å². The Bertz CT molecular complexity index is 461. The SMILES string of the molecule is NCC1(C(=O)N(Cc2ccccc2)C2CC2)CCCC1. The first kappa shape index (κ1) is 13.6. The fraction of sp³-hybridized carbons (Fsp3) is 0.588. The van der Waals surface area contributed by atoms with Crippen molar-refractivity contribution < 1.29 is 4.79 Å². The number of nitrogens with two attached hydrogens (primary N) is 1. The number of carbonyl (C=O) groups is 1. The molecule has 2 aliphatic rings. The molecule has 0 radical (unpaired) electrons. The third kappa shape index (κ3) is 2.59. The first-order valence-electron chi connectivity index (χ1n) is 7.80. The van der Waals surface area contributed by atoms with E-state index in [0.717, 1.165) is 45.1 Å². The van der Waals surface area contributed by atoms with Gasteiger partial charge in [0.1, 0.15) is 0 Å². The molecule has 0 saturated heterocycles. The number of nitrogens with zero attached hydrogens (tertiary/aromatic N) is 1. The fourth-order valence-corrected chi connectivity index (χ4v) is 3.39. The minimum absolute atomic E-state index is 0.266. The summed E-state index contributed by atoms with van der Waals surface area (Å²) in [5.74, 6) is 0.309. The lowest BCUT2D eigenvalue weighted by Crippen LogP contribution is -2.47. The topological polar surface area (TPSA) is 46.3 Å². The Kier molecular flexibility index (Phi) is 3.79. The van der Waals surface area contributed by atoms with Crippen molar-refractivity contribution in [1.82, 2.24) is 4.90 Å². The molecule has 1 aromatic rings. The molecule has 0 unspecified atom stereocenters. The lowest BCUT2D eigenvalue weighted by atomic mass is 9.84. The third-order valence-electron chi connectivity index (χ3n) is 4.85. The standard InChI is InChI=1S/C17H24N2O/c18-13-17(10-4-5-11-17)16(20)19(15-8-9-15)12-14-6-2-1-3-7-14/h1-3,6-7,15H,4-5,8-13,18H2. The van der Waals surface area contributed by atoms with Gasteiger partial charge < -0.3 is 10.6 Å². The lowest BCUT2D eigenvalue weighted by molar-refractivity contribution is -0.142. The van der Waals surface area contributed by atoms with Crippen LogP contribution in [0.25, 0.3) is 0 Å². The van der Waals surface area contributed by atoms with Gasteiger partial charge in [-0.2, -0.15) is 0 Å². The molecule has 0 aliphatic heterocycles. The maximum atomic E-state index is 13.0. The van der Waals surface area contributed by atoms with Gasteiger partial charge in [0.15, 0.2) is 0 Å². The van der Waals surface area contributed by atoms with E-state index in [9.17, 15) is 4.79 Å². The van der Waals surface area contributed by atoms with E-state index in [1.165, 1.54) is 5.56 Å². The van der Waals surface area contributed by atoms with Gasteiger partial charge in [0.25, 0.3) is 0 Å². The van der Waals surface area contributed by atoms with Gasteiger partial charge in [0.2, 0.25) is 5.91 Å². The molecule has 0 aromatic heterocycles. The van der Waals surface area contributed by atoms with E-state index in [1.54, 1.807) is 0 Å². The number of benzene rings is 1. The molecule has 2 fully saturated rings. The van der Waals surface area contributed by atoms with E-state index in [0.29, 0.717) is 18.5 Å². The fourth-order valence-electron chi connectivity index (χ4n) is 3.39. The summed E-state index contributed by atoms with van der Waals surface area (Å²) in [5, 5.41) is 0. The Labute approximate surface area is 121 Å². The van der Waals surface area contributed by atoms with Crippen LogP contribution in [0, 0.1) is 5.41 Å². The first-order valence-corrected chi connectivity index (χ1v) is 7.80.